The van der Waals surface area contributed by atoms with Gasteiger partial charge in [-0.3, -0.25) is 0 Å². The molecule has 0 radical (unpaired) electrons. The van der Waals surface area contributed by atoms with E-state index >= 15 is 0 Å². The highest BCUT2D eigenvalue weighted by Gasteiger charge is 2.41. The molecule has 5 heteroatoms. The number of rotatable bonds is 5. The lowest BCUT2D eigenvalue weighted by atomic mass is 9.96. The molecule has 3 N–H and O–H groups in total. The van der Waals surface area contributed by atoms with Crippen molar-refractivity contribution in [3.63, 3.8) is 0 Å². The minimum Gasteiger partial charge on any atom is -0.481 e. The van der Waals surface area contributed by atoms with Crippen molar-refractivity contribution in [2.75, 3.05) is 19.0 Å². The first kappa shape index (κ1) is 12.1. The number of aromatic nitrogens is 2. The summed E-state index contributed by atoms with van der Waals surface area (Å²) < 4.78 is 5.14. The molecule has 5 nitrogen and oxygen atoms in total. The third-order valence-electron chi connectivity index (χ3n) is 3.34. The van der Waals surface area contributed by atoms with Crippen LogP contribution in [0.4, 0.5) is 5.95 Å². The first-order valence-electron chi connectivity index (χ1n) is 5.95. The number of nitrogens with two attached hydrogens (primary N) is 1. The van der Waals surface area contributed by atoms with E-state index in [4.69, 9.17) is 10.5 Å². The van der Waals surface area contributed by atoms with Gasteiger partial charge in [-0.1, -0.05) is 0 Å². The van der Waals surface area contributed by atoms with Gasteiger partial charge in [-0.25, -0.2) is 4.98 Å². The van der Waals surface area contributed by atoms with Crippen LogP contribution in [0.1, 0.15) is 25.5 Å². The summed E-state index contributed by atoms with van der Waals surface area (Å²) in [5.74, 6) is 1.81. The molecule has 1 aromatic rings. The maximum Gasteiger partial charge on any atom is 0.226 e. The molecule has 1 aliphatic rings. The van der Waals surface area contributed by atoms with E-state index in [-0.39, 0.29) is 5.54 Å². The highest BCUT2D eigenvalue weighted by atomic mass is 16.5. The third kappa shape index (κ3) is 2.66. The van der Waals surface area contributed by atoms with Gasteiger partial charge in [0, 0.05) is 18.3 Å². The first-order valence-corrected chi connectivity index (χ1v) is 5.95. The van der Waals surface area contributed by atoms with Gasteiger partial charge in [-0.05, 0) is 32.6 Å². The Balaban J connectivity index is 2.19. The fraction of sp³-hybridized carbons (Fsp3) is 0.667. The first-order chi connectivity index (χ1) is 8.07. The summed E-state index contributed by atoms with van der Waals surface area (Å²) in [5.41, 5.74) is 6.63. The molecule has 1 unspecified atom stereocenters. The minimum atomic E-state index is -0.112. The maximum absolute atomic E-state index is 5.86. The monoisotopic (exact) mass is 236 g/mol. The molecule has 1 heterocycles. The smallest absolute Gasteiger partial charge is 0.226 e. The fourth-order valence-electron chi connectivity index (χ4n) is 2.00. The van der Waals surface area contributed by atoms with Crippen molar-refractivity contribution < 1.29 is 4.74 Å². The molecule has 2 rings (SSSR count). The van der Waals surface area contributed by atoms with Gasteiger partial charge in [0.1, 0.15) is 0 Å². The Morgan fingerprint density at radius 2 is 2.24 bits per heavy atom. The van der Waals surface area contributed by atoms with E-state index in [1.165, 1.54) is 12.8 Å². The van der Waals surface area contributed by atoms with Crippen molar-refractivity contribution in [3.8, 4) is 5.88 Å². The molecule has 0 amide bonds. The predicted octanol–water partition coefficient (Wildman–Crippen LogP) is 1.33. The zero-order chi connectivity index (χ0) is 12.5. The fourth-order valence-corrected chi connectivity index (χ4v) is 2.00. The number of hydrogen-bond acceptors (Lipinski definition) is 5. The predicted molar refractivity (Wildman–Crippen MR) is 67.1 cm³/mol. The molecule has 0 spiro atoms. The summed E-state index contributed by atoms with van der Waals surface area (Å²) in [6, 6.07) is 1.81. The van der Waals surface area contributed by atoms with Gasteiger partial charge in [0.2, 0.25) is 11.8 Å². The van der Waals surface area contributed by atoms with Crippen molar-refractivity contribution in [2.24, 2.45) is 11.7 Å². The second-order valence-electron chi connectivity index (χ2n) is 4.90. The van der Waals surface area contributed by atoms with Gasteiger partial charge in [-0.15, -0.1) is 0 Å². The second-order valence-corrected chi connectivity index (χ2v) is 4.90. The van der Waals surface area contributed by atoms with Crippen LogP contribution in [0.5, 0.6) is 5.88 Å². The molecule has 0 saturated heterocycles. The molecule has 0 bridgehead atoms. The van der Waals surface area contributed by atoms with Crippen LogP contribution in [0.15, 0.2) is 6.07 Å². The Morgan fingerprint density at radius 1 is 1.53 bits per heavy atom. The molecule has 1 atom stereocenters. The summed E-state index contributed by atoms with van der Waals surface area (Å²) in [6.07, 6.45) is 2.45. The quantitative estimate of drug-likeness (QED) is 0.807. The second kappa shape index (κ2) is 4.49. The lowest BCUT2D eigenvalue weighted by molar-refractivity contribution is 0.395. The molecular formula is C12H20N4O. The van der Waals surface area contributed by atoms with Crippen LogP contribution in [-0.4, -0.2) is 29.2 Å². The summed E-state index contributed by atoms with van der Waals surface area (Å²) in [6.45, 7) is 4.63. The van der Waals surface area contributed by atoms with Crippen molar-refractivity contribution in [3.05, 3.63) is 11.8 Å². The van der Waals surface area contributed by atoms with E-state index in [1.54, 1.807) is 7.11 Å². The van der Waals surface area contributed by atoms with Crippen LogP contribution in [0.3, 0.4) is 0 Å². The van der Waals surface area contributed by atoms with Crippen molar-refractivity contribution in [2.45, 2.75) is 32.2 Å². The van der Waals surface area contributed by atoms with Crippen LogP contribution < -0.4 is 15.8 Å². The highest BCUT2D eigenvalue weighted by molar-refractivity contribution is 5.35. The average Bonchev–Trinajstić information content (AvgIpc) is 3.12. The number of hydrogen-bond donors (Lipinski definition) is 2. The van der Waals surface area contributed by atoms with E-state index in [9.17, 15) is 0 Å². The Bertz CT molecular complexity index is 405. The van der Waals surface area contributed by atoms with E-state index in [1.807, 2.05) is 13.0 Å². The lowest BCUT2D eigenvalue weighted by Crippen LogP contribution is -2.45. The van der Waals surface area contributed by atoms with Crippen molar-refractivity contribution in [1.29, 1.82) is 0 Å². The van der Waals surface area contributed by atoms with Crippen molar-refractivity contribution >= 4 is 5.95 Å². The molecule has 17 heavy (non-hydrogen) atoms. The molecule has 94 valence electrons. The largest absolute Gasteiger partial charge is 0.481 e. The van der Waals surface area contributed by atoms with Gasteiger partial charge < -0.3 is 15.8 Å². The topological polar surface area (TPSA) is 73.1 Å². The number of nitrogens with zero attached hydrogens (tertiary/aromatic N) is 2. The Labute approximate surface area is 102 Å². The average molecular weight is 236 g/mol. The van der Waals surface area contributed by atoms with Gasteiger partial charge in [-0.2, -0.15) is 4.98 Å². The van der Waals surface area contributed by atoms with Crippen LogP contribution in [0, 0.1) is 12.8 Å². The standard InChI is InChI=1S/C12H20N4O/c1-8-6-10(17-3)15-11(14-8)16-12(2,7-13)9-4-5-9/h6,9H,4-5,7,13H2,1-3H3,(H,14,15,16). The Morgan fingerprint density at radius 3 is 2.76 bits per heavy atom. The summed E-state index contributed by atoms with van der Waals surface area (Å²) in [5, 5.41) is 3.36. The molecule has 0 aliphatic heterocycles. The van der Waals surface area contributed by atoms with Crippen LogP contribution >= 0.6 is 0 Å². The highest BCUT2D eigenvalue weighted by Crippen LogP contribution is 2.40. The maximum atomic E-state index is 5.86. The van der Waals surface area contributed by atoms with E-state index in [0.29, 0.717) is 24.3 Å². The van der Waals surface area contributed by atoms with Crippen LogP contribution in [0.2, 0.25) is 0 Å². The number of aryl methyl sites for hydroxylation is 1. The number of nitrogens with one attached hydrogen (secondary N) is 1. The Kier molecular flexibility index (Phi) is 3.19. The molecule has 1 aliphatic carbocycles. The third-order valence-corrected chi connectivity index (χ3v) is 3.34. The molecule has 1 saturated carbocycles. The number of methoxy groups -OCH3 is 1. The van der Waals surface area contributed by atoms with Gasteiger partial charge in [0.25, 0.3) is 0 Å². The molecule has 0 aromatic carbocycles. The summed E-state index contributed by atoms with van der Waals surface area (Å²) >= 11 is 0. The number of anilines is 1. The zero-order valence-electron chi connectivity index (χ0n) is 10.7. The minimum absolute atomic E-state index is 0.112. The molecule has 1 aromatic heterocycles. The Hall–Kier alpha value is -1.36. The summed E-state index contributed by atoms with van der Waals surface area (Å²) in [4.78, 5) is 8.66. The van der Waals surface area contributed by atoms with Gasteiger partial charge in [0.15, 0.2) is 0 Å². The van der Waals surface area contributed by atoms with Crippen LogP contribution in [0.25, 0.3) is 0 Å². The van der Waals surface area contributed by atoms with E-state index < -0.39 is 0 Å². The molecule has 1 fully saturated rings. The molecular weight excluding hydrogens is 216 g/mol. The van der Waals surface area contributed by atoms with Gasteiger partial charge in [0.05, 0.1) is 12.6 Å². The van der Waals surface area contributed by atoms with E-state index in [0.717, 1.165) is 5.69 Å². The van der Waals surface area contributed by atoms with Crippen molar-refractivity contribution in [1.82, 2.24) is 9.97 Å². The lowest BCUT2D eigenvalue weighted by Gasteiger charge is -2.29. The normalized spacial score (nSPS) is 18.6. The SMILES string of the molecule is COc1cc(C)nc(NC(C)(CN)C2CC2)n1. The van der Waals surface area contributed by atoms with E-state index in [2.05, 4.69) is 22.2 Å². The number of ether oxygens (including phenoxy) is 1. The van der Waals surface area contributed by atoms with Crippen LogP contribution in [-0.2, 0) is 0 Å². The zero-order valence-corrected chi connectivity index (χ0v) is 10.7. The van der Waals surface area contributed by atoms with Gasteiger partial charge >= 0.3 is 0 Å². The summed E-state index contributed by atoms with van der Waals surface area (Å²) in [7, 11) is 1.61.